The summed E-state index contributed by atoms with van der Waals surface area (Å²) in [7, 11) is -3.70. The number of aromatic nitrogens is 2. The van der Waals surface area contributed by atoms with Gasteiger partial charge in [-0.25, -0.2) is 27.5 Å². The van der Waals surface area contributed by atoms with Crippen molar-refractivity contribution in [1.29, 1.82) is 0 Å². The molecule has 6 nitrogen and oxygen atoms in total. The standard InChI is InChI=1S/C18H18ClFN4O2S/c1-2-17-23-16-11-12(19)3-8-15(16)18(24-17)21-9-10-22-27(25,26)14-6-4-13(20)5-7-14/h3-8,11,22H,2,9-10H2,1H3,(H,21,23,24). The molecule has 0 spiro atoms. The molecule has 0 aliphatic heterocycles. The van der Waals surface area contributed by atoms with E-state index in [4.69, 9.17) is 11.6 Å². The number of anilines is 1. The highest BCUT2D eigenvalue weighted by atomic mass is 35.5. The summed E-state index contributed by atoms with van der Waals surface area (Å²) < 4.78 is 39.8. The second-order valence-electron chi connectivity index (χ2n) is 5.78. The van der Waals surface area contributed by atoms with E-state index < -0.39 is 15.8 Å². The van der Waals surface area contributed by atoms with E-state index in [1.54, 1.807) is 12.1 Å². The first-order valence-corrected chi connectivity index (χ1v) is 10.2. The van der Waals surface area contributed by atoms with Crippen molar-refractivity contribution < 1.29 is 12.8 Å². The number of sulfonamides is 1. The fraction of sp³-hybridized carbons (Fsp3) is 0.222. The third kappa shape index (κ3) is 4.71. The molecule has 3 rings (SSSR count). The summed E-state index contributed by atoms with van der Waals surface area (Å²) in [5.74, 6) is 0.798. The highest BCUT2D eigenvalue weighted by molar-refractivity contribution is 7.89. The van der Waals surface area contributed by atoms with E-state index in [2.05, 4.69) is 20.0 Å². The van der Waals surface area contributed by atoms with Gasteiger partial charge in [-0.3, -0.25) is 0 Å². The summed E-state index contributed by atoms with van der Waals surface area (Å²) >= 11 is 6.03. The van der Waals surface area contributed by atoms with Gasteiger partial charge in [0.15, 0.2) is 0 Å². The molecule has 0 bridgehead atoms. The Morgan fingerprint density at radius 2 is 1.81 bits per heavy atom. The fourth-order valence-corrected chi connectivity index (χ4v) is 3.71. The topological polar surface area (TPSA) is 84.0 Å². The first kappa shape index (κ1) is 19.5. The molecular weight excluding hydrogens is 391 g/mol. The summed E-state index contributed by atoms with van der Waals surface area (Å²) in [5, 5.41) is 4.52. The Morgan fingerprint density at radius 1 is 1.07 bits per heavy atom. The zero-order valence-electron chi connectivity index (χ0n) is 14.5. The van der Waals surface area contributed by atoms with Crippen molar-refractivity contribution in [2.24, 2.45) is 0 Å². The average Bonchev–Trinajstić information content (AvgIpc) is 2.64. The smallest absolute Gasteiger partial charge is 0.240 e. The van der Waals surface area contributed by atoms with Crippen LogP contribution < -0.4 is 10.0 Å². The van der Waals surface area contributed by atoms with Crippen LogP contribution in [0, 0.1) is 5.82 Å². The number of fused-ring (bicyclic) bond motifs is 1. The number of hydrogen-bond donors (Lipinski definition) is 2. The highest BCUT2D eigenvalue weighted by Crippen LogP contribution is 2.23. The summed E-state index contributed by atoms with van der Waals surface area (Å²) in [5.41, 5.74) is 0.726. The molecule has 0 radical (unpaired) electrons. The summed E-state index contributed by atoms with van der Waals surface area (Å²) in [6.07, 6.45) is 0.661. The number of nitrogens with zero attached hydrogens (tertiary/aromatic N) is 2. The maximum atomic E-state index is 12.9. The Kier molecular flexibility index (Phi) is 5.88. The van der Waals surface area contributed by atoms with Crippen molar-refractivity contribution in [3.05, 3.63) is 59.1 Å². The van der Waals surface area contributed by atoms with E-state index in [1.165, 1.54) is 12.1 Å². The van der Waals surface area contributed by atoms with Crippen molar-refractivity contribution >= 4 is 38.3 Å². The first-order chi connectivity index (χ1) is 12.9. The summed E-state index contributed by atoms with van der Waals surface area (Å²) in [4.78, 5) is 8.93. The second-order valence-corrected chi connectivity index (χ2v) is 7.99. The summed E-state index contributed by atoms with van der Waals surface area (Å²) in [6, 6.07) is 10.00. The lowest BCUT2D eigenvalue weighted by atomic mass is 10.2. The van der Waals surface area contributed by atoms with E-state index in [1.807, 2.05) is 13.0 Å². The Balaban J connectivity index is 1.69. The van der Waals surface area contributed by atoms with Crippen molar-refractivity contribution in [1.82, 2.24) is 14.7 Å². The van der Waals surface area contributed by atoms with Crippen LogP contribution in [0.3, 0.4) is 0 Å². The van der Waals surface area contributed by atoms with Gasteiger partial charge < -0.3 is 5.32 Å². The van der Waals surface area contributed by atoms with Gasteiger partial charge in [0.25, 0.3) is 0 Å². The minimum absolute atomic E-state index is 0.0132. The molecule has 0 fully saturated rings. The Labute approximate surface area is 161 Å². The van der Waals surface area contributed by atoms with Crippen molar-refractivity contribution in [3.8, 4) is 0 Å². The van der Waals surface area contributed by atoms with Gasteiger partial charge in [-0.15, -0.1) is 0 Å². The maximum absolute atomic E-state index is 12.9. The lowest BCUT2D eigenvalue weighted by molar-refractivity contribution is 0.582. The monoisotopic (exact) mass is 408 g/mol. The van der Waals surface area contributed by atoms with Gasteiger partial charge in [-0.1, -0.05) is 18.5 Å². The van der Waals surface area contributed by atoms with Crippen LogP contribution >= 0.6 is 11.6 Å². The number of benzene rings is 2. The second kappa shape index (κ2) is 8.16. The van der Waals surface area contributed by atoms with Gasteiger partial charge in [-0.05, 0) is 42.5 Å². The lowest BCUT2D eigenvalue weighted by Gasteiger charge is -2.11. The number of rotatable bonds is 7. The molecule has 0 aliphatic carbocycles. The van der Waals surface area contributed by atoms with Gasteiger partial charge in [0, 0.05) is 29.9 Å². The molecule has 3 aromatic rings. The minimum Gasteiger partial charge on any atom is -0.368 e. The van der Waals surface area contributed by atoms with Crippen molar-refractivity contribution in [3.63, 3.8) is 0 Å². The molecule has 1 aromatic heterocycles. The molecular formula is C18H18ClFN4O2S. The molecule has 0 saturated carbocycles. The molecule has 2 N–H and O–H groups in total. The van der Waals surface area contributed by atoms with E-state index in [-0.39, 0.29) is 11.4 Å². The van der Waals surface area contributed by atoms with Crippen LogP contribution in [0.25, 0.3) is 10.9 Å². The molecule has 2 aromatic carbocycles. The number of nitrogens with one attached hydrogen (secondary N) is 2. The SMILES string of the molecule is CCc1nc(NCCNS(=O)(=O)c2ccc(F)cc2)c2ccc(Cl)cc2n1. The molecule has 0 unspecified atom stereocenters. The number of halogens is 2. The highest BCUT2D eigenvalue weighted by Gasteiger charge is 2.13. The average molecular weight is 409 g/mol. The van der Waals surface area contributed by atoms with E-state index in [0.29, 0.717) is 29.6 Å². The van der Waals surface area contributed by atoms with Crippen LogP contribution in [0.2, 0.25) is 5.02 Å². The number of hydrogen-bond acceptors (Lipinski definition) is 5. The molecule has 0 amide bonds. The third-order valence-corrected chi connectivity index (χ3v) is 5.57. The van der Waals surface area contributed by atoms with Gasteiger partial charge in [0.2, 0.25) is 10.0 Å². The quantitative estimate of drug-likeness (QED) is 0.585. The molecule has 1 heterocycles. The molecule has 142 valence electrons. The van der Waals surface area contributed by atoms with Crippen LogP contribution in [0.1, 0.15) is 12.7 Å². The number of aryl methyl sites for hydroxylation is 1. The van der Waals surface area contributed by atoms with Crippen LogP contribution in [-0.4, -0.2) is 31.5 Å². The Morgan fingerprint density at radius 3 is 2.52 bits per heavy atom. The Hall–Kier alpha value is -2.29. The van der Waals surface area contributed by atoms with Crippen LogP contribution in [0.5, 0.6) is 0 Å². The van der Waals surface area contributed by atoms with Crippen molar-refractivity contribution in [2.45, 2.75) is 18.2 Å². The van der Waals surface area contributed by atoms with Crippen LogP contribution in [0.15, 0.2) is 47.4 Å². The predicted molar refractivity (Wildman–Crippen MR) is 104 cm³/mol. The lowest BCUT2D eigenvalue weighted by Crippen LogP contribution is -2.29. The van der Waals surface area contributed by atoms with E-state index in [9.17, 15) is 12.8 Å². The van der Waals surface area contributed by atoms with Crippen LogP contribution in [-0.2, 0) is 16.4 Å². The first-order valence-electron chi connectivity index (χ1n) is 8.34. The molecule has 0 atom stereocenters. The minimum atomic E-state index is -3.70. The van der Waals surface area contributed by atoms with Gasteiger partial charge in [-0.2, -0.15) is 0 Å². The zero-order chi connectivity index (χ0) is 19.4. The zero-order valence-corrected chi connectivity index (χ0v) is 16.1. The van der Waals surface area contributed by atoms with Crippen molar-refractivity contribution in [2.75, 3.05) is 18.4 Å². The predicted octanol–water partition coefficient (Wildman–Crippen LogP) is 3.38. The summed E-state index contributed by atoms with van der Waals surface area (Å²) in [6.45, 7) is 2.41. The van der Waals surface area contributed by atoms with Gasteiger partial charge >= 0.3 is 0 Å². The van der Waals surface area contributed by atoms with Gasteiger partial charge in [0.1, 0.15) is 17.5 Å². The molecule has 0 saturated heterocycles. The molecule has 9 heteroatoms. The largest absolute Gasteiger partial charge is 0.368 e. The van der Waals surface area contributed by atoms with E-state index >= 15 is 0 Å². The van der Waals surface area contributed by atoms with Gasteiger partial charge in [0.05, 0.1) is 10.4 Å². The molecule has 0 aliphatic rings. The molecule has 27 heavy (non-hydrogen) atoms. The third-order valence-electron chi connectivity index (χ3n) is 3.85. The van der Waals surface area contributed by atoms with Crippen LogP contribution in [0.4, 0.5) is 10.2 Å². The fourth-order valence-electron chi connectivity index (χ4n) is 2.51. The normalized spacial score (nSPS) is 11.7. The van der Waals surface area contributed by atoms with E-state index in [0.717, 1.165) is 23.0 Å². The maximum Gasteiger partial charge on any atom is 0.240 e. The Bertz CT molecular complexity index is 1060.